The van der Waals surface area contributed by atoms with Crippen molar-refractivity contribution in [2.45, 2.75) is 13.0 Å². The van der Waals surface area contributed by atoms with Gasteiger partial charge in [-0.05, 0) is 24.6 Å². The molecule has 0 fully saturated rings. The van der Waals surface area contributed by atoms with Crippen molar-refractivity contribution in [3.05, 3.63) is 72.4 Å². The molecule has 3 aromatic heterocycles. The lowest BCUT2D eigenvalue weighted by molar-refractivity contribution is 0.619. The Morgan fingerprint density at radius 3 is 2.69 bits per heavy atom. The molecular weight excluding hydrogens is 331 g/mol. The normalized spacial score (nSPS) is 12.2. The summed E-state index contributed by atoms with van der Waals surface area (Å²) in [5.74, 6) is 0.584. The van der Waals surface area contributed by atoms with E-state index < -0.39 is 0 Å². The third-order valence-corrected chi connectivity index (χ3v) is 4.17. The molecule has 0 saturated carbocycles. The number of aromatic nitrogens is 4. The second-order valence-corrected chi connectivity index (χ2v) is 5.99. The second kappa shape index (κ2) is 6.44. The Morgan fingerprint density at radius 1 is 1.08 bits per heavy atom. The molecule has 4 aromatic rings. The van der Waals surface area contributed by atoms with Gasteiger partial charge >= 0.3 is 0 Å². The number of anilines is 2. The Labute approximate surface area is 149 Å². The first-order valence-electron chi connectivity index (χ1n) is 8.19. The van der Waals surface area contributed by atoms with Gasteiger partial charge in [-0.1, -0.05) is 30.3 Å². The lowest BCUT2D eigenvalue weighted by atomic mass is 10.1. The monoisotopic (exact) mass is 348 g/mol. The summed E-state index contributed by atoms with van der Waals surface area (Å²) in [5, 5.41) is 3.31. The number of nitrogens with zero attached hydrogens (tertiary/aromatic N) is 4. The number of halogens is 1. The van der Waals surface area contributed by atoms with E-state index in [1.165, 1.54) is 12.3 Å². The van der Waals surface area contributed by atoms with Crippen molar-refractivity contribution in [2.24, 2.45) is 0 Å². The summed E-state index contributed by atoms with van der Waals surface area (Å²) in [6.45, 7) is 2.03. The zero-order chi connectivity index (χ0) is 18.1. The van der Waals surface area contributed by atoms with Crippen LogP contribution in [0.25, 0.3) is 17.2 Å². The highest BCUT2D eigenvalue weighted by Crippen LogP contribution is 2.25. The fraction of sp³-hybridized carbons (Fsp3) is 0.105. The van der Waals surface area contributed by atoms with E-state index in [0.29, 0.717) is 28.7 Å². The fourth-order valence-corrected chi connectivity index (χ4v) is 2.78. The topological polar surface area (TPSA) is 81.1 Å². The average Bonchev–Trinajstić information content (AvgIpc) is 3.07. The third-order valence-electron chi connectivity index (χ3n) is 4.17. The average molecular weight is 348 g/mol. The zero-order valence-corrected chi connectivity index (χ0v) is 14.1. The lowest BCUT2D eigenvalue weighted by Gasteiger charge is -2.16. The van der Waals surface area contributed by atoms with Crippen LogP contribution in [0, 0.1) is 5.82 Å². The van der Waals surface area contributed by atoms with E-state index in [0.717, 1.165) is 5.56 Å². The number of nitrogens with two attached hydrogens (primary N) is 1. The maximum Gasteiger partial charge on any atom is 0.180 e. The number of hydrogen-bond donors (Lipinski definition) is 2. The van der Waals surface area contributed by atoms with Gasteiger partial charge in [0.05, 0.1) is 24.1 Å². The highest BCUT2D eigenvalue weighted by Gasteiger charge is 2.14. The molecule has 0 spiro atoms. The molecule has 0 bridgehead atoms. The van der Waals surface area contributed by atoms with Crippen LogP contribution in [0.15, 0.2) is 61.1 Å². The van der Waals surface area contributed by atoms with E-state index in [9.17, 15) is 4.39 Å². The molecule has 1 aromatic carbocycles. The third kappa shape index (κ3) is 2.95. The molecule has 0 aliphatic rings. The van der Waals surface area contributed by atoms with E-state index in [4.69, 9.17) is 5.73 Å². The minimum absolute atomic E-state index is 0.0147. The summed E-state index contributed by atoms with van der Waals surface area (Å²) in [4.78, 5) is 13.1. The first kappa shape index (κ1) is 16.0. The standard InChI is InChI=1S/C19H17FN6/c1-12(13-5-3-2-4-6-13)24-18-15(21)9-23-19(25-18)16-10-22-17-8-7-14(20)11-26(16)17/h2-12H,21H2,1H3,(H,23,24,25)/t12-/m1/s1. The molecule has 0 radical (unpaired) electrons. The molecule has 1 atom stereocenters. The number of benzene rings is 1. The number of rotatable bonds is 4. The highest BCUT2D eigenvalue weighted by molar-refractivity contribution is 5.66. The number of imidazole rings is 1. The summed E-state index contributed by atoms with van der Waals surface area (Å²) in [6.07, 6.45) is 4.52. The Kier molecular flexibility index (Phi) is 3.96. The van der Waals surface area contributed by atoms with Gasteiger partial charge in [-0.2, -0.15) is 0 Å². The molecule has 0 aliphatic carbocycles. The molecule has 4 rings (SSSR count). The van der Waals surface area contributed by atoms with Crippen molar-refractivity contribution in [3.8, 4) is 11.5 Å². The maximum atomic E-state index is 13.6. The van der Waals surface area contributed by atoms with E-state index in [-0.39, 0.29) is 11.9 Å². The molecule has 7 heteroatoms. The van der Waals surface area contributed by atoms with Gasteiger partial charge in [-0.15, -0.1) is 0 Å². The first-order valence-corrected chi connectivity index (χ1v) is 8.19. The fourth-order valence-electron chi connectivity index (χ4n) is 2.78. The quantitative estimate of drug-likeness (QED) is 0.588. The van der Waals surface area contributed by atoms with Crippen LogP contribution in [0.4, 0.5) is 15.9 Å². The minimum Gasteiger partial charge on any atom is -0.394 e. The van der Waals surface area contributed by atoms with Gasteiger partial charge in [0, 0.05) is 6.20 Å². The van der Waals surface area contributed by atoms with Crippen molar-refractivity contribution in [1.29, 1.82) is 0 Å². The predicted octanol–water partition coefficient (Wildman–Crippen LogP) is 3.69. The summed E-state index contributed by atoms with van der Waals surface area (Å²) in [7, 11) is 0. The molecule has 0 aliphatic heterocycles. The Hall–Kier alpha value is -3.48. The maximum absolute atomic E-state index is 13.6. The van der Waals surface area contributed by atoms with Crippen LogP contribution in [0.3, 0.4) is 0 Å². The molecule has 130 valence electrons. The van der Waals surface area contributed by atoms with Gasteiger partial charge in [0.25, 0.3) is 0 Å². The Morgan fingerprint density at radius 2 is 1.88 bits per heavy atom. The molecule has 0 saturated heterocycles. The molecule has 0 unspecified atom stereocenters. The minimum atomic E-state index is -0.358. The molecule has 26 heavy (non-hydrogen) atoms. The number of nitrogen functional groups attached to an aromatic ring is 1. The summed E-state index contributed by atoms with van der Waals surface area (Å²) in [5.41, 5.74) is 8.80. The van der Waals surface area contributed by atoms with E-state index in [1.54, 1.807) is 22.9 Å². The van der Waals surface area contributed by atoms with Gasteiger partial charge in [-0.25, -0.2) is 19.3 Å². The number of nitrogens with one attached hydrogen (secondary N) is 1. The molecule has 0 amide bonds. The van der Waals surface area contributed by atoms with Crippen LogP contribution in [-0.4, -0.2) is 19.4 Å². The second-order valence-electron chi connectivity index (χ2n) is 5.99. The van der Waals surface area contributed by atoms with Crippen molar-refractivity contribution < 1.29 is 4.39 Å². The van der Waals surface area contributed by atoms with Gasteiger partial charge < -0.3 is 11.1 Å². The van der Waals surface area contributed by atoms with E-state index >= 15 is 0 Å². The summed E-state index contributed by atoms with van der Waals surface area (Å²) >= 11 is 0. The summed E-state index contributed by atoms with van der Waals surface area (Å²) < 4.78 is 15.2. The largest absolute Gasteiger partial charge is 0.394 e. The molecular formula is C19H17FN6. The highest BCUT2D eigenvalue weighted by atomic mass is 19.1. The van der Waals surface area contributed by atoms with Crippen LogP contribution in [0.1, 0.15) is 18.5 Å². The number of pyridine rings is 1. The van der Waals surface area contributed by atoms with Crippen LogP contribution >= 0.6 is 0 Å². The van der Waals surface area contributed by atoms with Gasteiger partial charge in [0.1, 0.15) is 17.2 Å². The van der Waals surface area contributed by atoms with Gasteiger partial charge in [-0.3, -0.25) is 4.40 Å². The van der Waals surface area contributed by atoms with Crippen LogP contribution in [-0.2, 0) is 0 Å². The van der Waals surface area contributed by atoms with Crippen molar-refractivity contribution in [2.75, 3.05) is 11.1 Å². The SMILES string of the molecule is C[C@@H](Nc1nc(-c2cnc3ccc(F)cn23)ncc1N)c1ccccc1. The van der Waals surface area contributed by atoms with Crippen LogP contribution in [0.2, 0.25) is 0 Å². The zero-order valence-electron chi connectivity index (χ0n) is 14.1. The van der Waals surface area contributed by atoms with Crippen LogP contribution in [0.5, 0.6) is 0 Å². The number of hydrogen-bond acceptors (Lipinski definition) is 5. The molecule has 3 N–H and O–H groups in total. The van der Waals surface area contributed by atoms with E-state index in [1.807, 2.05) is 37.3 Å². The Balaban J connectivity index is 1.71. The predicted molar refractivity (Wildman–Crippen MR) is 99.1 cm³/mol. The molecule has 6 nitrogen and oxygen atoms in total. The van der Waals surface area contributed by atoms with Crippen LogP contribution < -0.4 is 11.1 Å². The van der Waals surface area contributed by atoms with E-state index in [2.05, 4.69) is 20.3 Å². The Bertz CT molecular complexity index is 1060. The van der Waals surface area contributed by atoms with Crippen molar-refractivity contribution in [3.63, 3.8) is 0 Å². The lowest BCUT2D eigenvalue weighted by Crippen LogP contribution is -2.11. The van der Waals surface area contributed by atoms with Gasteiger partial charge in [0.2, 0.25) is 0 Å². The van der Waals surface area contributed by atoms with Crippen molar-refractivity contribution >= 4 is 17.2 Å². The van der Waals surface area contributed by atoms with Crippen molar-refractivity contribution in [1.82, 2.24) is 19.4 Å². The number of fused-ring (bicyclic) bond motifs is 1. The molecule has 3 heterocycles. The van der Waals surface area contributed by atoms with Gasteiger partial charge in [0.15, 0.2) is 11.6 Å². The first-order chi connectivity index (χ1) is 12.6. The summed E-state index contributed by atoms with van der Waals surface area (Å²) in [6, 6.07) is 13.0. The smallest absolute Gasteiger partial charge is 0.180 e.